The maximum Gasteiger partial charge on any atom is 0.269 e. The number of nitrogens with zero attached hydrogens (tertiary/aromatic N) is 3. The SMILES string of the molecule is CC(C(=N)c1cc(C(=O)N2CC(c3ccc(C#N)cc3)C2)c(C)cc1C)=C(N)C(=O)N(C)C. The molecule has 0 bridgehead atoms. The molecule has 2 amide bonds. The Labute approximate surface area is 194 Å². The summed E-state index contributed by atoms with van der Waals surface area (Å²) in [5.41, 5.74) is 11.1. The van der Waals surface area contributed by atoms with Gasteiger partial charge >= 0.3 is 0 Å². The van der Waals surface area contributed by atoms with E-state index < -0.39 is 0 Å². The molecule has 3 N–H and O–H groups in total. The molecule has 7 heteroatoms. The molecule has 1 saturated heterocycles. The van der Waals surface area contributed by atoms with Crippen LogP contribution >= 0.6 is 0 Å². The van der Waals surface area contributed by atoms with E-state index in [2.05, 4.69) is 6.07 Å². The molecule has 170 valence electrons. The first-order valence-electron chi connectivity index (χ1n) is 10.7. The lowest BCUT2D eigenvalue weighted by molar-refractivity contribution is -0.124. The smallest absolute Gasteiger partial charge is 0.269 e. The molecule has 1 aliphatic rings. The first-order valence-corrected chi connectivity index (χ1v) is 10.7. The zero-order valence-corrected chi connectivity index (χ0v) is 19.7. The molecule has 2 aromatic rings. The second-order valence-corrected chi connectivity index (χ2v) is 8.74. The fourth-order valence-electron chi connectivity index (χ4n) is 3.95. The Kier molecular flexibility index (Phi) is 6.68. The van der Waals surface area contributed by atoms with Crippen LogP contribution in [0.25, 0.3) is 0 Å². The molecule has 2 aromatic carbocycles. The minimum absolute atomic E-state index is 0.0193. The van der Waals surface area contributed by atoms with E-state index in [4.69, 9.17) is 16.4 Å². The van der Waals surface area contributed by atoms with E-state index in [1.54, 1.807) is 44.1 Å². The number of nitriles is 1. The van der Waals surface area contributed by atoms with Crippen molar-refractivity contribution in [2.75, 3.05) is 27.2 Å². The highest BCUT2D eigenvalue weighted by atomic mass is 16.2. The molecule has 0 atom stereocenters. The van der Waals surface area contributed by atoms with E-state index in [9.17, 15) is 9.59 Å². The van der Waals surface area contributed by atoms with Crippen molar-refractivity contribution in [2.24, 2.45) is 5.73 Å². The number of nitrogens with one attached hydrogen (secondary N) is 1. The number of likely N-dealkylation sites (tertiary alicyclic amines) is 1. The topological polar surface area (TPSA) is 114 Å². The number of hydrogen-bond donors (Lipinski definition) is 2. The van der Waals surface area contributed by atoms with Crippen molar-refractivity contribution in [3.8, 4) is 6.07 Å². The summed E-state index contributed by atoms with van der Waals surface area (Å²) in [5, 5.41) is 17.6. The van der Waals surface area contributed by atoms with Gasteiger partial charge in [0.2, 0.25) is 0 Å². The third-order valence-electron chi connectivity index (χ3n) is 6.17. The molecule has 0 unspecified atom stereocenters. The van der Waals surface area contributed by atoms with Crippen LogP contribution in [0.15, 0.2) is 47.7 Å². The summed E-state index contributed by atoms with van der Waals surface area (Å²) in [7, 11) is 3.22. The third kappa shape index (κ3) is 4.65. The maximum atomic E-state index is 13.2. The largest absolute Gasteiger partial charge is 0.394 e. The number of likely N-dealkylation sites (N-methyl/N-ethyl adjacent to an activating group) is 1. The predicted octanol–water partition coefficient (Wildman–Crippen LogP) is 3.10. The Balaban J connectivity index is 1.82. The van der Waals surface area contributed by atoms with Crippen molar-refractivity contribution < 1.29 is 9.59 Å². The minimum Gasteiger partial charge on any atom is -0.394 e. The van der Waals surface area contributed by atoms with E-state index in [1.165, 1.54) is 4.90 Å². The summed E-state index contributed by atoms with van der Waals surface area (Å²) in [5.74, 6) is -0.189. The Morgan fingerprint density at radius 3 is 2.21 bits per heavy atom. The van der Waals surface area contributed by atoms with Gasteiger partial charge in [-0.2, -0.15) is 5.26 Å². The van der Waals surface area contributed by atoms with Gasteiger partial charge in [-0.05, 0) is 55.7 Å². The highest BCUT2D eigenvalue weighted by Crippen LogP contribution is 2.30. The molecule has 33 heavy (non-hydrogen) atoms. The minimum atomic E-state index is -0.354. The molecule has 3 rings (SSSR count). The molecular weight excluding hydrogens is 414 g/mol. The second-order valence-electron chi connectivity index (χ2n) is 8.74. The average Bonchev–Trinajstić information content (AvgIpc) is 2.76. The van der Waals surface area contributed by atoms with Crippen LogP contribution in [0.2, 0.25) is 0 Å². The Hall–Kier alpha value is -3.92. The van der Waals surface area contributed by atoms with Crippen LogP contribution in [0.3, 0.4) is 0 Å². The molecule has 0 saturated carbocycles. The number of rotatable bonds is 5. The Bertz CT molecular complexity index is 1200. The van der Waals surface area contributed by atoms with E-state index in [1.807, 2.05) is 32.0 Å². The molecule has 1 fully saturated rings. The number of nitrogens with two attached hydrogens (primary N) is 1. The summed E-state index contributed by atoms with van der Waals surface area (Å²) >= 11 is 0. The van der Waals surface area contributed by atoms with E-state index in [0.717, 1.165) is 16.7 Å². The normalized spacial score (nSPS) is 14.1. The zero-order valence-electron chi connectivity index (χ0n) is 19.7. The van der Waals surface area contributed by atoms with E-state index in [0.29, 0.717) is 35.4 Å². The summed E-state index contributed by atoms with van der Waals surface area (Å²) in [4.78, 5) is 28.6. The summed E-state index contributed by atoms with van der Waals surface area (Å²) in [6, 6.07) is 13.2. The lowest BCUT2D eigenvalue weighted by atomic mass is 9.88. The van der Waals surface area contributed by atoms with Gasteiger partial charge in [-0.15, -0.1) is 0 Å². The number of hydrogen-bond acceptors (Lipinski definition) is 5. The Morgan fingerprint density at radius 2 is 1.67 bits per heavy atom. The summed E-state index contributed by atoms with van der Waals surface area (Å²) in [6.45, 7) is 6.63. The van der Waals surface area contributed by atoms with Crippen molar-refractivity contribution in [1.82, 2.24) is 9.80 Å². The van der Waals surface area contributed by atoms with Gasteiger partial charge in [-0.3, -0.25) is 15.0 Å². The lowest BCUT2D eigenvalue weighted by Crippen LogP contribution is -2.48. The number of benzene rings is 2. The monoisotopic (exact) mass is 443 g/mol. The van der Waals surface area contributed by atoms with Crippen LogP contribution in [0.5, 0.6) is 0 Å². The second kappa shape index (κ2) is 9.29. The van der Waals surface area contributed by atoms with Gasteiger partial charge in [0.05, 0.1) is 17.3 Å². The van der Waals surface area contributed by atoms with Crippen molar-refractivity contribution in [1.29, 1.82) is 10.7 Å². The van der Waals surface area contributed by atoms with Crippen molar-refractivity contribution >= 4 is 17.5 Å². The van der Waals surface area contributed by atoms with E-state index >= 15 is 0 Å². The summed E-state index contributed by atoms with van der Waals surface area (Å²) < 4.78 is 0. The number of carbonyl (C=O) groups excluding carboxylic acids is 2. The lowest BCUT2D eigenvalue weighted by Gasteiger charge is -2.40. The molecule has 1 aliphatic heterocycles. The van der Waals surface area contributed by atoms with E-state index in [-0.39, 0.29) is 29.1 Å². The van der Waals surface area contributed by atoms with Crippen molar-refractivity contribution in [3.63, 3.8) is 0 Å². The number of aryl methyl sites for hydroxylation is 2. The number of amides is 2. The maximum absolute atomic E-state index is 13.2. The molecule has 7 nitrogen and oxygen atoms in total. The molecule has 0 aromatic heterocycles. The van der Waals surface area contributed by atoms with Crippen LogP contribution in [-0.4, -0.2) is 54.5 Å². The van der Waals surface area contributed by atoms with Crippen molar-refractivity contribution in [2.45, 2.75) is 26.7 Å². The standard InChI is InChI=1S/C26H29N5O2/c1-15-10-16(2)22(11-21(15)23(28)17(3)24(29)26(33)30(4)5)25(32)31-13-20(14-31)19-8-6-18(12-27)7-9-19/h6-11,20,28H,13-14,29H2,1-5H3. The van der Waals surface area contributed by atoms with Crippen LogP contribution in [0.1, 0.15) is 51.0 Å². The summed E-state index contributed by atoms with van der Waals surface area (Å²) in [6.07, 6.45) is 0. The van der Waals surface area contributed by atoms with Gasteiger partial charge < -0.3 is 15.5 Å². The zero-order chi connectivity index (χ0) is 24.4. The van der Waals surface area contributed by atoms with Gasteiger partial charge in [0.1, 0.15) is 5.70 Å². The molecule has 0 spiro atoms. The highest BCUT2D eigenvalue weighted by Gasteiger charge is 2.33. The van der Waals surface area contributed by atoms with Crippen LogP contribution in [0, 0.1) is 30.6 Å². The van der Waals surface area contributed by atoms with Crippen LogP contribution in [0.4, 0.5) is 0 Å². The first-order chi connectivity index (χ1) is 15.5. The molecular formula is C26H29N5O2. The van der Waals surface area contributed by atoms with Gasteiger partial charge in [-0.25, -0.2) is 0 Å². The molecule has 0 aliphatic carbocycles. The molecule has 1 heterocycles. The molecule has 0 radical (unpaired) electrons. The van der Waals surface area contributed by atoms with Crippen molar-refractivity contribution in [3.05, 3.63) is 81.0 Å². The van der Waals surface area contributed by atoms with Crippen LogP contribution < -0.4 is 5.73 Å². The number of allylic oxidation sites excluding steroid dienone is 1. The highest BCUT2D eigenvalue weighted by molar-refractivity contribution is 6.15. The van der Waals surface area contributed by atoms with Crippen LogP contribution in [-0.2, 0) is 4.79 Å². The first kappa shape index (κ1) is 23.7. The predicted molar refractivity (Wildman–Crippen MR) is 128 cm³/mol. The van der Waals surface area contributed by atoms with Gasteiger partial charge in [0, 0.05) is 49.8 Å². The number of carbonyl (C=O) groups is 2. The average molecular weight is 444 g/mol. The van der Waals surface area contributed by atoms with Gasteiger partial charge in [0.25, 0.3) is 11.8 Å². The fourth-order valence-corrected chi connectivity index (χ4v) is 3.95. The quantitative estimate of drug-likeness (QED) is 0.546. The third-order valence-corrected chi connectivity index (χ3v) is 6.17. The van der Waals surface area contributed by atoms with Gasteiger partial charge in [0.15, 0.2) is 0 Å². The van der Waals surface area contributed by atoms with Gasteiger partial charge in [-0.1, -0.05) is 18.2 Å². The Morgan fingerprint density at radius 1 is 1.09 bits per heavy atom. The fraction of sp³-hybridized carbons (Fsp3) is 0.308.